The van der Waals surface area contributed by atoms with Gasteiger partial charge in [0.25, 0.3) is 5.91 Å². The molecule has 0 saturated heterocycles. The number of nitrogens with one attached hydrogen (secondary N) is 1. The highest BCUT2D eigenvalue weighted by atomic mass is 19.1. The van der Waals surface area contributed by atoms with Crippen LogP contribution < -0.4 is 5.73 Å². The smallest absolute Gasteiger partial charge is 0.250 e. The minimum atomic E-state index is -0.633. The number of allylic oxidation sites excluding steroid dienone is 1. The van der Waals surface area contributed by atoms with Gasteiger partial charge in [-0.25, -0.2) is 4.39 Å². The molecule has 0 bridgehead atoms. The molecule has 0 unspecified atom stereocenters. The summed E-state index contributed by atoms with van der Waals surface area (Å²) < 4.78 is 15.0. The van der Waals surface area contributed by atoms with Crippen LogP contribution in [0.2, 0.25) is 0 Å². The summed E-state index contributed by atoms with van der Waals surface area (Å²) in [5.41, 5.74) is 8.65. The summed E-state index contributed by atoms with van der Waals surface area (Å²) in [5.74, 6) is -1.03. The van der Waals surface area contributed by atoms with Crippen LogP contribution in [-0.2, 0) is 0 Å². The van der Waals surface area contributed by atoms with E-state index in [0.717, 1.165) is 41.2 Å². The van der Waals surface area contributed by atoms with Gasteiger partial charge in [0.05, 0.1) is 11.1 Å². The Morgan fingerprint density at radius 1 is 1.33 bits per heavy atom. The van der Waals surface area contributed by atoms with Crippen molar-refractivity contribution >= 4 is 33.3 Å². The zero-order valence-electron chi connectivity index (χ0n) is 13.4. The standard InChI is InChI=1S/C19H18FN3O/c1-23-8-4-5-11(10-23)16-14(20)9-13(19(21)24)18-17(16)12-6-2-3-7-15(12)22-18/h2-3,6-7,9-10,22H,4-5,8H2,1H3,(H2,21,24). The number of hydrogen-bond acceptors (Lipinski definition) is 2. The second-order valence-electron chi connectivity index (χ2n) is 6.30. The van der Waals surface area contributed by atoms with Gasteiger partial charge in [0.15, 0.2) is 0 Å². The number of fused-ring (bicyclic) bond motifs is 3. The second kappa shape index (κ2) is 5.37. The zero-order chi connectivity index (χ0) is 16.8. The number of amides is 1. The normalized spacial score (nSPS) is 15.1. The van der Waals surface area contributed by atoms with Crippen molar-refractivity contribution in [2.45, 2.75) is 12.8 Å². The van der Waals surface area contributed by atoms with E-state index >= 15 is 0 Å². The molecule has 2 heterocycles. The number of H-pyrrole nitrogens is 1. The van der Waals surface area contributed by atoms with Crippen LogP contribution in [0.1, 0.15) is 28.8 Å². The summed E-state index contributed by atoms with van der Waals surface area (Å²) in [6.45, 7) is 0.960. The number of halogens is 1. The topological polar surface area (TPSA) is 62.1 Å². The summed E-state index contributed by atoms with van der Waals surface area (Å²) in [6.07, 6.45) is 3.78. The highest BCUT2D eigenvalue weighted by Crippen LogP contribution is 2.38. The molecule has 1 aliphatic heterocycles. The first-order chi connectivity index (χ1) is 11.6. The predicted octanol–water partition coefficient (Wildman–Crippen LogP) is 3.63. The van der Waals surface area contributed by atoms with Gasteiger partial charge < -0.3 is 15.6 Å². The third-order valence-electron chi connectivity index (χ3n) is 4.66. The average molecular weight is 323 g/mol. The van der Waals surface area contributed by atoms with Gasteiger partial charge >= 0.3 is 0 Å². The van der Waals surface area contributed by atoms with E-state index in [2.05, 4.69) is 9.88 Å². The van der Waals surface area contributed by atoms with Crippen LogP contribution in [0, 0.1) is 5.82 Å². The predicted molar refractivity (Wildman–Crippen MR) is 94.1 cm³/mol. The fourth-order valence-corrected chi connectivity index (χ4v) is 3.61. The van der Waals surface area contributed by atoms with Gasteiger partial charge in [-0.15, -0.1) is 0 Å². The molecule has 5 heteroatoms. The third-order valence-corrected chi connectivity index (χ3v) is 4.66. The highest BCUT2D eigenvalue weighted by Gasteiger charge is 2.23. The minimum Gasteiger partial charge on any atom is -0.380 e. The maximum Gasteiger partial charge on any atom is 0.250 e. The Balaban J connectivity index is 2.15. The number of benzene rings is 2. The first-order valence-corrected chi connectivity index (χ1v) is 8.00. The Bertz CT molecular complexity index is 1000. The van der Waals surface area contributed by atoms with Gasteiger partial charge in [-0.2, -0.15) is 0 Å². The van der Waals surface area contributed by atoms with Gasteiger partial charge in [-0.3, -0.25) is 4.79 Å². The van der Waals surface area contributed by atoms with Crippen molar-refractivity contribution in [2.75, 3.05) is 13.6 Å². The molecule has 3 aromatic rings. The van der Waals surface area contributed by atoms with E-state index in [9.17, 15) is 9.18 Å². The summed E-state index contributed by atoms with van der Waals surface area (Å²) in [7, 11) is 1.99. The fraction of sp³-hybridized carbons (Fsp3) is 0.211. The Morgan fingerprint density at radius 3 is 2.88 bits per heavy atom. The average Bonchev–Trinajstić information content (AvgIpc) is 2.93. The fourth-order valence-electron chi connectivity index (χ4n) is 3.61. The number of rotatable bonds is 2. The molecule has 0 aliphatic carbocycles. The van der Waals surface area contributed by atoms with E-state index in [0.29, 0.717) is 11.1 Å². The first-order valence-electron chi connectivity index (χ1n) is 8.00. The molecule has 0 spiro atoms. The monoisotopic (exact) mass is 323 g/mol. The van der Waals surface area contributed by atoms with Crippen LogP contribution in [0.25, 0.3) is 27.4 Å². The SMILES string of the molecule is CN1C=C(c2c(F)cc(C(N)=O)c3[nH]c4ccccc4c23)CCC1. The molecule has 24 heavy (non-hydrogen) atoms. The van der Waals surface area contributed by atoms with E-state index in [1.807, 2.05) is 37.5 Å². The lowest BCUT2D eigenvalue weighted by atomic mass is 9.92. The molecule has 0 saturated carbocycles. The zero-order valence-corrected chi connectivity index (χ0v) is 13.4. The maximum absolute atomic E-state index is 15.0. The van der Waals surface area contributed by atoms with Gasteiger partial charge in [-0.1, -0.05) is 18.2 Å². The Hall–Kier alpha value is -2.82. The number of aromatic nitrogens is 1. The minimum absolute atomic E-state index is 0.187. The molecule has 0 fully saturated rings. The van der Waals surface area contributed by atoms with Crippen molar-refractivity contribution in [2.24, 2.45) is 5.73 Å². The molecule has 1 aliphatic rings. The second-order valence-corrected chi connectivity index (χ2v) is 6.30. The summed E-state index contributed by atoms with van der Waals surface area (Å²) in [5, 5.41) is 1.64. The lowest BCUT2D eigenvalue weighted by molar-refractivity contribution is 0.100. The van der Waals surface area contributed by atoms with Crippen molar-refractivity contribution in [1.29, 1.82) is 0 Å². The summed E-state index contributed by atoms with van der Waals surface area (Å²) >= 11 is 0. The third kappa shape index (κ3) is 2.16. The maximum atomic E-state index is 15.0. The van der Waals surface area contributed by atoms with Gasteiger partial charge in [0.1, 0.15) is 5.82 Å². The number of carbonyl (C=O) groups excluding carboxylic acids is 1. The van der Waals surface area contributed by atoms with Crippen molar-refractivity contribution in [1.82, 2.24) is 9.88 Å². The molecule has 1 amide bonds. The van der Waals surface area contributed by atoms with Gasteiger partial charge in [0.2, 0.25) is 0 Å². The number of primary amides is 1. The Kier molecular flexibility index (Phi) is 3.30. The molecule has 0 radical (unpaired) electrons. The first kappa shape index (κ1) is 14.8. The molecular formula is C19H18FN3O. The number of nitrogens with zero attached hydrogens (tertiary/aromatic N) is 1. The molecule has 122 valence electrons. The summed E-state index contributed by atoms with van der Waals surface area (Å²) in [4.78, 5) is 17.1. The van der Waals surface area contributed by atoms with Crippen LogP contribution in [0.5, 0.6) is 0 Å². The van der Waals surface area contributed by atoms with E-state index in [-0.39, 0.29) is 5.56 Å². The largest absolute Gasteiger partial charge is 0.380 e. The van der Waals surface area contributed by atoms with E-state index < -0.39 is 11.7 Å². The van der Waals surface area contributed by atoms with Gasteiger partial charge in [0, 0.05) is 41.6 Å². The van der Waals surface area contributed by atoms with Crippen molar-refractivity contribution < 1.29 is 9.18 Å². The number of nitrogens with two attached hydrogens (primary N) is 1. The number of hydrogen-bond donors (Lipinski definition) is 2. The molecule has 0 atom stereocenters. The van der Waals surface area contributed by atoms with Crippen molar-refractivity contribution in [3.05, 3.63) is 53.5 Å². The van der Waals surface area contributed by atoms with Crippen LogP contribution in [0.3, 0.4) is 0 Å². The quantitative estimate of drug-likeness (QED) is 0.756. The van der Waals surface area contributed by atoms with Crippen molar-refractivity contribution in [3.8, 4) is 0 Å². The van der Waals surface area contributed by atoms with E-state index in [1.54, 1.807) is 0 Å². The lowest BCUT2D eigenvalue weighted by Crippen LogP contribution is -2.18. The van der Waals surface area contributed by atoms with Gasteiger partial charge in [-0.05, 0) is 30.5 Å². The van der Waals surface area contributed by atoms with E-state index in [4.69, 9.17) is 5.73 Å². The highest BCUT2D eigenvalue weighted by molar-refractivity contribution is 6.18. The lowest BCUT2D eigenvalue weighted by Gasteiger charge is -2.23. The van der Waals surface area contributed by atoms with Crippen LogP contribution >= 0.6 is 0 Å². The van der Waals surface area contributed by atoms with Crippen LogP contribution in [0.4, 0.5) is 4.39 Å². The molecule has 4 nitrogen and oxygen atoms in total. The Labute approximate surface area is 138 Å². The van der Waals surface area contributed by atoms with E-state index in [1.165, 1.54) is 6.07 Å². The number of para-hydroxylation sites is 1. The number of carbonyl (C=O) groups is 1. The number of aromatic amines is 1. The van der Waals surface area contributed by atoms with Crippen molar-refractivity contribution in [3.63, 3.8) is 0 Å². The molecule has 4 rings (SSSR count). The molecular weight excluding hydrogens is 305 g/mol. The molecule has 1 aromatic heterocycles. The van der Waals surface area contributed by atoms with Crippen LogP contribution in [0.15, 0.2) is 36.5 Å². The summed E-state index contributed by atoms with van der Waals surface area (Å²) in [6, 6.07) is 8.93. The Morgan fingerprint density at radius 2 is 2.12 bits per heavy atom. The molecule has 2 aromatic carbocycles. The molecule has 3 N–H and O–H groups in total. The van der Waals surface area contributed by atoms with Crippen LogP contribution in [-0.4, -0.2) is 29.4 Å².